The van der Waals surface area contributed by atoms with Gasteiger partial charge in [-0.3, -0.25) is 10.6 Å². The topological polar surface area (TPSA) is 90.9 Å². The Balaban J connectivity index is 2.29. The van der Waals surface area contributed by atoms with E-state index in [2.05, 4.69) is 10.7 Å². The number of hydrogen-bond donors (Lipinski definition) is 3. The molecule has 0 heterocycles. The van der Waals surface area contributed by atoms with Gasteiger partial charge in [-0.05, 0) is 42.8 Å². The summed E-state index contributed by atoms with van der Waals surface area (Å²) in [6.45, 7) is 1.80. The van der Waals surface area contributed by atoms with E-state index in [0.717, 1.165) is 5.56 Å². The molecule has 0 aromatic heterocycles. The lowest BCUT2D eigenvalue weighted by Crippen LogP contribution is -2.14. The first-order chi connectivity index (χ1) is 10.1. The van der Waals surface area contributed by atoms with Crippen molar-refractivity contribution >= 4 is 17.3 Å². The zero-order valence-electron chi connectivity index (χ0n) is 11.3. The molecule has 0 saturated carbocycles. The van der Waals surface area contributed by atoms with E-state index in [1.807, 2.05) is 0 Å². The highest BCUT2D eigenvalue weighted by molar-refractivity contribution is 6.05. The largest absolute Gasteiger partial charge is 0.324 e. The third kappa shape index (κ3) is 2.99. The lowest BCUT2D eigenvalue weighted by molar-refractivity contribution is 0.102. The molecule has 0 saturated heterocycles. The second kappa shape index (κ2) is 6.03. The minimum absolute atomic E-state index is 0.140. The summed E-state index contributed by atoms with van der Waals surface area (Å²) in [7, 11) is 0. The molecule has 106 valence electrons. The SMILES string of the molecule is Cc1cc(C(=O)Nc2cccc(F)c2C#N)ccc1NN. The van der Waals surface area contributed by atoms with Crippen molar-refractivity contribution in [1.29, 1.82) is 5.26 Å². The van der Waals surface area contributed by atoms with Gasteiger partial charge in [0.2, 0.25) is 0 Å². The molecule has 0 atom stereocenters. The van der Waals surface area contributed by atoms with E-state index in [1.165, 1.54) is 18.2 Å². The Kier molecular flexibility index (Phi) is 4.16. The van der Waals surface area contributed by atoms with Crippen molar-refractivity contribution in [2.24, 2.45) is 5.84 Å². The van der Waals surface area contributed by atoms with Gasteiger partial charge >= 0.3 is 0 Å². The Morgan fingerprint density at radius 3 is 2.67 bits per heavy atom. The molecule has 2 aromatic rings. The van der Waals surface area contributed by atoms with E-state index in [9.17, 15) is 9.18 Å². The average Bonchev–Trinajstić information content (AvgIpc) is 2.47. The van der Waals surface area contributed by atoms with E-state index in [0.29, 0.717) is 11.3 Å². The van der Waals surface area contributed by atoms with Crippen LogP contribution in [0.2, 0.25) is 0 Å². The molecule has 6 heteroatoms. The second-order valence-corrected chi connectivity index (χ2v) is 4.40. The van der Waals surface area contributed by atoms with Crippen LogP contribution in [0.15, 0.2) is 36.4 Å². The fourth-order valence-electron chi connectivity index (χ4n) is 1.90. The van der Waals surface area contributed by atoms with Gasteiger partial charge in [-0.25, -0.2) is 4.39 Å². The third-order valence-electron chi connectivity index (χ3n) is 3.02. The summed E-state index contributed by atoms with van der Waals surface area (Å²) in [5.41, 5.74) is 4.35. The van der Waals surface area contributed by atoms with Gasteiger partial charge in [0.1, 0.15) is 17.4 Å². The standard InChI is InChI=1S/C15H13FN4O/c1-9-7-10(5-6-13(9)20-18)15(21)19-14-4-2-3-12(16)11(14)8-17/h2-7,20H,18H2,1H3,(H,19,21). The maximum absolute atomic E-state index is 13.5. The predicted octanol–water partition coefficient (Wildman–Crippen LogP) is 2.54. The molecule has 0 unspecified atom stereocenters. The molecule has 0 aliphatic heterocycles. The van der Waals surface area contributed by atoms with Crippen molar-refractivity contribution in [2.45, 2.75) is 6.92 Å². The molecule has 0 bridgehead atoms. The summed E-state index contributed by atoms with van der Waals surface area (Å²) < 4.78 is 13.5. The number of benzene rings is 2. The molecular formula is C15H13FN4O. The van der Waals surface area contributed by atoms with Crippen LogP contribution in [-0.2, 0) is 0 Å². The fraction of sp³-hybridized carbons (Fsp3) is 0.0667. The van der Waals surface area contributed by atoms with Crippen molar-refractivity contribution in [2.75, 3.05) is 10.7 Å². The van der Waals surface area contributed by atoms with Gasteiger partial charge in [-0.1, -0.05) is 6.07 Å². The molecular weight excluding hydrogens is 271 g/mol. The Bertz CT molecular complexity index is 737. The third-order valence-corrected chi connectivity index (χ3v) is 3.02. The van der Waals surface area contributed by atoms with Crippen molar-refractivity contribution in [3.8, 4) is 6.07 Å². The van der Waals surface area contributed by atoms with Crippen LogP contribution >= 0.6 is 0 Å². The number of rotatable bonds is 3. The maximum Gasteiger partial charge on any atom is 0.255 e. The van der Waals surface area contributed by atoms with Crippen molar-refractivity contribution in [1.82, 2.24) is 0 Å². The molecule has 0 radical (unpaired) electrons. The number of carbonyl (C=O) groups excluding carboxylic acids is 1. The van der Waals surface area contributed by atoms with Crippen LogP contribution in [0.25, 0.3) is 0 Å². The number of carbonyl (C=O) groups is 1. The van der Waals surface area contributed by atoms with Gasteiger partial charge in [0, 0.05) is 5.56 Å². The monoisotopic (exact) mass is 284 g/mol. The van der Waals surface area contributed by atoms with Crippen molar-refractivity contribution < 1.29 is 9.18 Å². The van der Waals surface area contributed by atoms with E-state index in [-0.39, 0.29) is 11.3 Å². The number of amides is 1. The van der Waals surface area contributed by atoms with Crippen molar-refractivity contribution in [3.05, 3.63) is 58.9 Å². The maximum atomic E-state index is 13.5. The fourth-order valence-corrected chi connectivity index (χ4v) is 1.90. The normalized spacial score (nSPS) is 9.81. The van der Waals surface area contributed by atoms with Crippen LogP contribution < -0.4 is 16.6 Å². The molecule has 0 spiro atoms. The Hall–Kier alpha value is -2.91. The summed E-state index contributed by atoms with van der Waals surface area (Å²) in [6, 6.07) is 10.7. The first kappa shape index (κ1) is 14.5. The molecule has 2 rings (SSSR count). The summed E-state index contributed by atoms with van der Waals surface area (Å²) in [6.07, 6.45) is 0. The molecule has 21 heavy (non-hydrogen) atoms. The summed E-state index contributed by atoms with van der Waals surface area (Å²) >= 11 is 0. The molecule has 1 amide bonds. The number of halogens is 1. The van der Waals surface area contributed by atoms with E-state index < -0.39 is 11.7 Å². The molecule has 4 N–H and O–H groups in total. The highest BCUT2D eigenvalue weighted by atomic mass is 19.1. The lowest BCUT2D eigenvalue weighted by atomic mass is 10.1. The van der Waals surface area contributed by atoms with E-state index >= 15 is 0 Å². The Morgan fingerprint density at radius 2 is 2.05 bits per heavy atom. The van der Waals surface area contributed by atoms with Gasteiger partial charge in [0.15, 0.2) is 0 Å². The van der Waals surface area contributed by atoms with Crippen molar-refractivity contribution in [3.63, 3.8) is 0 Å². The zero-order valence-corrected chi connectivity index (χ0v) is 11.3. The Morgan fingerprint density at radius 1 is 1.29 bits per heavy atom. The minimum atomic E-state index is -0.672. The van der Waals surface area contributed by atoms with Crippen LogP contribution in [0.1, 0.15) is 21.5 Å². The quantitative estimate of drug-likeness (QED) is 0.596. The van der Waals surface area contributed by atoms with E-state index in [4.69, 9.17) is 11.1 Å². The number of hydrogen-bond acceptors (Lipinski definition) is 4. The van der Waals surface area contributed by atoms with Crippen LogP contribution in [0.4, 0.5) is 15.8 Å². The van der Waals surface area contributed by atoms with Crippen LogP contribution in [-0.4, -0.2) is 5.91 Å². The molecule has 0 aliphatic carbocycles. The highest BCUT2D eigenvalue weighted by Crippen LogP contribution is 2.20. The van der Waals surface area contributed by atoms with Crippen LogP contribution in [0.5, 0.6) is 0 Å². The number of hydrazine groups is 1. The number of nitrogens with one attached hydrogen (secondary N) is 2. The second-order valence-electron chi connectivity index (χ2n) is 4.40. The first-order valence-electron chi connectivity index (χ1n) is 6.14. The number of aryl methyl sites for hydroxylation is 1. The number of nitrogens with zero attached hydrogens (tertiary/aromatic N) is 1. The Labute approximate surface area is 121 Å². The zero-order chi connectivity index (χ0) is 15.4. The summed E-state index contributed by atoms with van der Waals surface area (Å²) in [5.74, 6) is 4.23. The number of nitrogens with two attached hydrogens (primary N) is 1. The predicted molar refractivity (Wildman–Crippen MR) is 78.1 cm³/mol. The number of nitriles is 1. The average molecular weight is 284 g/mol. The molecule has 5 nitrogen and oxygen atoms in total. The molecule has 2 aromatic carbocycles. The highest BCUT2D eigenvalue weighted by Gasteiger charge is 2.12. The van der Waals surface area contributed by atoms with Gasteiger partial charge in [0.25, 0.3) is 5.91 Å². The van der Waals surface area contributed by atoms with Gasteiger partial charge < -0.3 is 10.7 Å². The van der Waals surface area contributed by atoms with Gasteiger partial charge in [-0.15, -0.1) is 0 Å². The molecule has 0 aliphatic rings. The lowest BCUT2D eigenvalue weighted by Gasteiger charge is -2.10. The van der Waals surface area contributed by atoms with Crippen LogP contribution in [0.3, 0.4) is 0 Å². The van der Waals surface area contributed by atoms with Gasteiger partial charge in [-0.2, -0.15) is 5.26 Å². The van der Waals surface area contributed by atoms with E-state index in [1.54, 1.807) is 31.2 Å². The minimum Gasteiger partial charge on any atom is -0.324 e. The molecule has 0 fully saturated rings. The summed E-state index contributed by atoms with van der Waals surface area (Å²) in [5, 5.41) is 11.5. The summed E-state index contributed by atoms with van der Waals surface area (Å²) in [4.78, 5) is 12.2. The number of nitrogen functional groups attached to an aromatic ring is 1. The first-order valence-corrected chi connectivity index (χ1v) is 6.14. The smallest absolute Gasteiger partial charge is 0.255 e. The van der Waals surface area contributed by atoms with Crippen LogP contribution in [0, 0.1) is 24.1 Å². The number of anilines is 2. The van der Waals surface area contributed by atoms with Gasteiger partial charge in [0.05, 0.1) is 11.4 Å².